The molecule has 0 radical (unpaired) electrons. The van der Waals surface area contributed by atoms with Crippen molar-refractivity contribution in [3.8, 4) is 11.3 Å². The number of hydrogen-bond acceptors (Lipinski definition) is 3. The second kappa shape index (κ2) is 7.24. The van der Waals surface area contributed by atoms with Crippen LogP contribution in [-0.4, -0.2) is 15.8 Å². The van der Waals surface area contributed by atoms with Crippen molar-refractivity contribution in [2.45, 2.75) is 36.2 Å². The smallest absolute Gasteiger partial charge is 0.102 e. The highest BCUT2D eigenvalue weighted by atomic mass is 32.2. The number of aryl methyl sites for hydroxylation is 2. The molecule has 1 heterocycles. The van der Waals surface area contributed by atoms with Gasteiger partial charge in [0.1, 0.15) is 5.03 Å². The minimum absolute atomic E-state index is 0.0917. The van der Waals surface area contributed by atoms with E-state index in [1.54, 1.807) is 11.8 Å². The van der Waals surface area contributed by atoms with E-state index in [0.717, 1.165) is 22.7 Å². The first-order valence-corrected chi connectivity index (χ1v) is 8.97. The van der Waals surface area contributed by atoms with Crippen LogP contribution in [0.15, 0.2) is 64.5 Å². The summed E-state index contributed by atoms with van der Waals surface area (Å²) in [5.74, 6) is 0. The lowest BCUT2D eigenvalue weighted by Crippen LogP contribution is -2.18. The van der Waals surface area contributed by atoms with Gasteiger partial charge in [-0.15, -0.1) is 0 Å². The summed E-state index contributed by atoms with van der Waals surface area (Å²) in [6.45, 7) is 4.15. The van der Waals surface area contributed by atoms with Crippen molar-refractivity contribution < 1.29 is 0 Å². The number of nitrogens with two attached hydrogens (primary N) is 1. The lowest BCUT2D eigenvalue weighted by Gasteiger charge is -2.10. The molecule has 0 aliphatic rings. The molecule has 3 aromatic rings. The normalized spacial score (nSPS) is 12.3. The minimum Gasteiger partial charge on any atom is -0.328 e. The largest absolute Gasteiger partial charge is 0.328 e. The molecule has 124 valence electrons. The fourth-order valence-electron chi connectivity index (χ4n) is 2.73. The standard InChI is InChI=1S/C20H23N3S/c1-14-9-11-17(12-10-14)24-20-18(13-15(2)21)19(22-23(20)3)16-7-5-4-6-8-16/h4-12,15H,13,21H2,1-3H3. The molecular formula is C20H23N3S. The summed E-state index contributed by atoms with van der Waals surface area (Å²) in [4.78, 5) is 1.22. The summed E-state index contributed by atoms with van der Waals surface area (Å²) in [6.07, 6.45) is 0.812. The van der Waals surface area contributed by atoms with E-state index in [9.17, 15) is 0 Å². The Labute approximate surface area is 147 Å². The van der Waals surface area contributed by atoms with Crippen LogP contribution in [0.1, 0.15) is 18.1 Å². The van der Waals surface area contributed by atoms with E-state index >= 15 is 0 Å². The number of benzene rings is 2. The van der Waals surface area contributed by atoms with Crippen LogP contribution in [0.4, 0.5) is 0 Å². The van der Waals surface area contributed by atoms with E-state index in [1.807, 2.05) is 36.9 Å². The lowest BCUT2D eigenvalue weighted by molar-refractivity contribution is 0.679. The molecule has 1 unspecified atom stereocenters. The molecule has 0 aliphatic heterocycles. The molecule has 0 aliphatic carbocycles. The molecule has 2 N–H and O–H groups in total. The topological polar surface area (TPSA) is 43.8 Å². The van der Waals surface area contributed by atoms with Gasteiger partial charge in [-0.1, -0.05) is 59.8 Å². The Morgan fingerprint density at radius 3 is 2.38 bits per heavy atom. The molecule has 0 saturated heterocycles. The van der Waals surface area contributed by atoms with Crippen molar-refractivity contribution in [3.63, 3.8) is 0 Å². The predicted molar refractivity (Wildman–Crippen MR) is 101 cm³/mol. The lowest BCUT2D eigenvalue weighted by atomic mass is 10.0. The Morgan fingerprint density at radius 2 is 1.75 bits per heavy atom. The zero-order valence-electron chi connectivity index (χ0n) is 14.4. The van der Waals surface area contributed by atoms with E-state index in [4.69, 9.17) is 10.8 Å². The molecule has 24 heavy (non-hydrogen) atoms. The Morgan fingerprint density at radius 1 is 1.08 bits per heavy atom. The van der Waals surface area contributed by atoms with Gasteiger partial charge in [-0.3, -0.25) is 4.68 Å². The van der Waals surface area contributed by atoms with Gasteiger partial charge in [-0.2, -0.15) is 5.10 Å². The van der Waals surface area contributed by atoms with Crippen molar-refractivity contribution >= 4 is 11.8 Å². The zero-order chi connectivity index (χ0) is 17.1. The molecule has 2 aromatic carbocycles. The quantitative estimate of drug-likeness (QED) is 0.749. The maximum atomic E-state index is 6.12. The Bertz CT molecular complexity index is 805. The molecular weight excluding hydrogens is 314 g/mol. The van der Waals surface area contributed by atoms with Crippen LogP contribution in [-0.2, 0) is 13.5 Å². The van der Waals surface area contributed by atoms with Crippen LogP contribution in [0, 0.1) is 6.92 Å². The first kappa shape index (κ1) is 16.8. The first-order chi connectivity index (χ1) is 11.5. The highest BCUT2D eigenvalue weighted by Gasteiger charge is 2.19. The van der Waals surface area contributed by atoms with Gasteiger partial charge in [0.05, 0.1) is 5.69 Å². The van der Waals surface area contributed by atoms with Gasteiger partial charge in [0.2, 0.25) is 0 Å². The monoisotopic (exact) mass is 337 g/mol. The van der Waals surface area contributed by atoms with Crippen LogP contribution >= 0.6 is 11.8 Å². The Hall–Kier alpha value is -2.04. The van der Waals surface area contributed by atoms with Crippen LogP contribution in [0.3, 0.4) is 0 Å². The highest BCUT2D eigenvalue weighted by Crippen LogP contribution is 2.36. The van der Waals surface area contributed by atoms with Crippen LogP contribution in [0.25, 0.3) is 11.3 Å². The van der Waals surface area contributed by atoms with E-state index in [2.05, 4.69) is 43.3 Å². The van der Waals surface area contributed by atoms with E-state index in [-0.39, 0.29) is 6.04 Å². The molecule has 0 fully saturated rings. The minimum atomic E-state index is 0.0917. The van der Waals surface area contributed by atoms with Crippen molar-refractivity contribution in [1.29, 1.82) is 0 Å². The van der Waals surface area contributed by atoms with Gasteiger partial charge in [-0.05, 0) is 32.4 Å². The van der Waals surface area contributed by atoms with Crippen LogP contribution < -0.4 is 5.73 Å². The maximum Gasteiger partial charge on any atom is 0.102 e. The summed E-state index contributed by atoms with van der Waals surface area (Å²) in [7, 11) is 2.01. The van der Waals surface area contributed by atoms with E-state index < -0.39 is 0 Å². The summed E-state index contributed by atoms with van der Waals surface area (Å²) in [6, 6.07) is 19.0. The number of nitrogens with zero attached hydrogens (tertiary/aromatic N) is 2. The summed E-state index contributed by atoms with van der Waals surface area (Å²) < 4.78 is 1.98. The second-order valence-corrected chi connectivity index (χ2v) is 7.28. The predicted octanol–water partition coefficient (Wildman–Crippen LogP) is 4.44. The van der Waals surface area contributed by atoms with Gasteiger partial charge in [0.25, 0.3) is 0 Å². The molecule has 0 bridgehead atoms. The zero-order valence-corrected chi connectivity index (χ0v) is 15.2. The second-order valence-electron chi connectivity index (χ2n) is 6.22. The first-order valence-electron chi connectivity index (χ1n) is 8.16. The number of hydrogen-bond donors (Lipinski definition) is 1. The van der Waals surface area contributed by atoms with Crippen LogP contribution in [0.2, 0.25) is 0 Å². The summed E-state index contributed by atoms with van der Waals surface area (Å²) in [5.41, 5.74) is 10.8. The summed E-state index contributed by atoms with van der Waals surface area (Å²) >= 11 is 1.75. The highest BCUT2D eigenvalue weighted by molar-refractivity contribution is 7.99. The van der Waals surface area contributed by atoms with Gasteiger partial charge in [0.15, 0.2) is 0 Å². The van der Waals surface area contributed by atoms with Crippen molar-refractivity contribution in [1.82, 2.24) is 9.78 Å². The number of rotatable bonds is 5. The number of aromatic nitrogens is 2. The van der Waals surface area contributed by atoms with Gasteiger partial charge in [0, 0.05) is 29.1 Å². The maximum absolute atomic E-state index is 6.12. The molecule has 0 spiro atoms. The third-order valence-corrected chi connectivity index (χ3v) is 5.11. The molecule has 4 heteroatoms. The third kappa shape index (κ3) is 3.71. The van der Waals surface area contributed by atoms with Crippen molar-refractivity contribution in [2.75, 3.05) is 0 Å². The van der Waals surface area contributed by atoms with Crippen molar-refractivity contribution in [2.24, 2.45) is 12.8 Å². The Balaban J connectivity index is 2.04. The fraction of sp³-hybridized carbons (Fsp3) is 0.250. The molecule has 1 aromatic heterocycles. The molecule has 0 amide bonds. The van der Waals surface area contributed by atoms with Gasteiger partial charge >= 0.3 is 0 Å². The summed E-state index contributed by atoms with van der Waals surface area (Å²) in [5, 5.41) is 5.95. The van der Waals surface area contributed by atoms with Gasteiger partial charge < -0.3 is 5.73 Å². The van der Waals surface area contributed by atoms with Gasteiger partial charge in [-0.25, -0.2) is 0 Å². The van der Waals surface area contributed by atoms with E-state index in [1.165, 1.54) is 16.0 Å². The van der Waals surface area contributed by atoms with E-state index in [0.29, 0.717) is 0 Å². The molecule has 0 saturated carbocycles. The average Bonchev–Trinajstić information content (AvgIpc) is 2.86. The Kier molecular flexibility index (Phi) is 5.07. The average molecular weight is 337 g/mol. The van der Waals surface area contributed by atoms with Crippen molar-refractivity contribution in [3.05, 3.63) is 65.7 Å². The molecule has 3 rings (SSSR count). The SMILES string of the molecule is Cc1ccc(Sc2c(CC(C)N)c(-c3ccccc3)nn2C)cc1. The molecule has 1 atom stereocenters. The fourth-order valence-corrected chi connectivity index (χ4v) is 3.70. The third-order valence-electron chi connectivity index (χ3n) is 3.90. The van der Waals surface area contributed by atoms with Crippen LogP contribution in [0.5, 0.6) is 0 Å². The molecule has 3 nitrogen and oxygen atoms in total.